The molecule has 1 aromatic rings. The molecule has 1 aromatic carbocycles. The van der Waals surface area contributed by atoms with Crippen molar-refractivity contribution in [2.24, 2.45) is 11.8 Å². The predicted molar refractivity (Wildman–Crippen MR) is 160 cm³/mol. The summed E-state index contributed by atoms with van der Waals surface area (Å²) < 4.78 is 5.19. The standard InChI is InChI=1S/C29H40N4O7.C2H6/c1-18(2)26(32-23(34)9-7-6-8-16-33-24(35)14-15-25(33)36)28(38)30-20(5)27(37)31-22-12-10-21(11-13-22)17-40-29(39)19(3)4;1-2/h10-15,18-20,26H,6-9,16-17H2,1-5H3,(H,30,38)(H,31,37)(H,32,34);1-2H3/t20-,26?;/m0./s1. The van der Waals surface area contributed by atoms with E-state index in [9.17, 15) is 28.8 Å². The van der Waals surface area contributed by atoms with E-state index >= 15 is 0 Å². The van der Waals surface area contributed by atoms with Crippen molar-refractivity contribution in [3.63, 3.8) is 0 Å². The molecule has 1 heterocycles. The Labute approximate surface area is 248 Å². The van der Waals surface area contributed by atoms with Gasteiger partial charge >= 0.3 is 5.97 Å². The summed E-state index contributed by atoms with van der Waals surface area (Å²) in [7, 11) is 0. The summed E-state index contributed by atoms with van der Waals surface area (Å²) in [6.45, 7) is 13.1. The second kappa shape index (κ2) is 18.4. The Morgan fingerprint density at radius 2 is 1.40 bits per heavy atom. The van der Waals surface area contributed by atoms with E-state index in [0.29, 0.717) is 31.5 Å². The molecule has 0 aromatic heterocycles. The number of amides is 5. The fourth-order valence-electron chi connectivity index (χ4n) is 3.79. The van der Waals surface area contributed by atoms with Crippen molar-refractivity contribution in [2.45, 2.75) is 92.8 Å². The Morgan fingerprint density at radius 3 is 1.95 bits per heavy atom. The normalized spacial score (nSPS) is 13.8. The summed E-state index contributed by atoms with van der Waals surface area (Å²) in [5.74, 6) is -2.54. The smallest absolute Gasteiger partial charge is 0.308 e. The molecule has 0 saturated heterocycles. The van der Waals surface area contributed by atoms with E-state index in [1.807, 2.05) is 13.8 Å². The zero-order valence-electron chi connectivity index (χ0n) is 25.8. The van der Waals surface area contributed by atoms with Gasteiger partial charge in [-0.25, -0.2) is 0 Å². The van der Waals surface area contributed by atoms with E-state index < -0.39 is 23.9 Å². The molecule has 2 atom stereocenters. The molecule has 11 nitrogen and oxygen atoms in total. The van der Waals surface area contributed by atoms with Crippen LogP contribution in [0.1, 0.15) is 79.7 Å². The minimum absolute atomic E-state index is 0.137. The number of unbranched alkanes of at least 4 members (excludes halogenated alkanes) is 2. The first-order valence-corrected chi connectivity index (χ1v) is 14.6. The summed E-state index contributed by atoms with van der Waals surface area (Å²) in [5.41, 5.74) is 1.30. The van der Waals surface area contributed by atoms with Gasteiger partial charge in [-0.15, -0.1) is 0 Å². The molecule has 5 amide bonds. The first-order valence-electron chi connectivity index (χ1n) is 14.6. The van der Waals surface area contributed by atoms with E-state index in [2.05, 4.69) is 16.0 Å². The first kappa shape index (κ1) is 36.0. The summed E-state index contributed by atoms with van der Waals surface area (Å²) in [4.78, 5) is 73.9. The van der Waals surface area contributed by atoms with E-state index in [-0.39, 0.29) is 48.6 Å². The second-order valence-electron chi connectivity index (χ2n) is 10.4. The highest BCUT2D eigenvalue weighted by Gasteiger charge is 2.27. The number of nitrogens with zero attached hydrogens (tertiary/aromatic N) is 1. The summed E-state index contributed by atoms with van der Waals surface area (Å²) in [6, 6.07) is 5.16. The zero-order chi connectivity index (χ0) is 31.8. The lowest BCUT2D eigenvalue weighted by Gasteiger charge is -2.24. The lowest BCUT2D eigenvalue weighted by atomic mass is 10.0. The fraction of sp³-hybridized carbons (Fsp3) is 0.548. The van der Waals surface area contributed by atoms with Crippen LogP contribution in [0.2, 0.25) is 0 Å². The summed E-state index contributed by atoms with van der Waals surface area (Å²) in [5, 5.41) is 8.13. The average molecular weight is 587 g/mol. The molecular formula is C31H46N4O7. The molecule has 42 heavy (non-hydrogen) atoms. The zero-order valence-corrected chi connectivity index (χ0v) is 25.8. The van der Waals surface area contributed by atoms with Gasteiger partial charge in [0.2, 0.25) is 17.7 Å². The van der Waals surface area contributed by atoms with Crippen LogP contribution in [0.15, 0.2) is 36.4 Å². The molecule has 232 valence electrons. The molecule has 11 heteroatoms. The Balaban J connectivity index is 0.00000431. The Hall–Kier alpha value is -4.02. The predicted octanol–water partition coefficient (Wildman–Crippen LogP) is 3.48. The van der Waals surface area contributed by atoms with E-state index in [4.69, 9.17) is 4.74 Å². The number of rotatable bonds is 15. The number of carbonyl (C=O) groups is 6. The Kier molecular flexibility index (Phi) is 15.8. The molecule has 3 N–H and O–H groups in total. The third-order valence-electron chi connectivity index (χ3n) is 6.28. The highest BCUT2D eigenvalue weighted by atomic mass is 16.5. The van der Waals surface area contributed by atoms with E-state index in [1.165, 1.54) is 17.1 Å². The van der Waals surface area contributed by atoms with Crippen molar-refractivity contribution in [1.29, 1.82) is 0 Å². The van der Waals surface area contributed by atoms with Crippen LogP contribution in [0, 0.1) is 11.8 Å². The topological polar surface area (TPSA) is 151 Å². The van der Waals surface area contributed by atoms with Crippen LogP contribution in [0.25, 0.3) is 0 Å². The Bertz CT molecular complexity index is 1090. The number of carbonyl (C=O) groups excluding carboxylic acids is 6. The largest absolute Gasteiger partial charge is 0.461 e. The summed E-state index contributed by atoms with van der Waals surface area (Å²) in [6.07, 6.45) is 4.45. The van der Waals surface area contributed by atoms with Crippen molar-refractivity contribution in [3.8, 4) is 0 Å². The van der Waals surface area contributed by atoms with Gasteiger partial charge in [0, 0.05) is 30.8 Å². The van der Waals surface area contributed by atoms with Gasteiger partial charge in [-0.3, -0.25) is 33.7 Å². The second-order valence-corrected chi connectivity index (χ2v) is 10.4. The lowest BCUT2D eigenvalue weighted by Crippen LogP contribution is -2.53. The van der Waals surface area contributed by atoms with Gasteiger partial charge < -0.3 is 20.7 Å². The van der Waals surface area contributed by atoms with Gasteiger partial charge in [-0.1, -0.05) is 60.1 Å². The van der Waals surface area contributed by atoms with Gasteiger partial charge in [0.15, 0.2) is 0 Å². The molecule has 0 bridgehead atoms. The van der Waals surface area contributed by atoms with E-state index in [1.54, 1.807) is 58.9 Å². The quantitative estimate of drug-likeness (QED) is 0.162. The maximum Gasteiger partial charge on any atom is 0.308 e. The van der Waals surface area contributed by atoms with Crippen LogP contribution in [0.5, 0.6) is 0 Å². The third kappa shape index (κ3) is 12.2. The Morgan fingerprint density at radius 1 is 0.810 bits per heavy atom. The lowest BCUT2D eigenvalue weighted by molar-refractivity contribution is -0.148. The van der Waals surface area contributed by atoms with Gasteiger partial charge in [0.25, 0.3) is 11.8 Å². The monoisotopic (exact) mass is 586 g/mol. The van der Waals surface area contributed by atoms with Gasteiger partial charge in [-0.05, 0) is 43.4 Å². The van der Waals surface area contributed by atoms with Crippen molar-refractivity contribution < 1.29 is 33.5 Å². The maximum absolute atomic E-state index is 12.9. The minimum Gasteiger partial charge on any atom is -0.461 e. The summed E-state index contributed by atoms with van der Waals surface area (Å²) >= 11 is 0. The first-order chi connectivity index (χ1) is 19.9. The number of anilines is 1. The molecule has 0 radical (unpaired) electrons. The molecule has 1 aliphatic rings. The number of benzene rings is 1. The molecule has 2 rings (SSSR count). The number of esters is 1. The van der Waals surface area contributed by atoms with Crippen molar-refractivity contribution in [2.75, 3.05) is 11.9 Å². The number of nitrogens with one attached hydrogen (secondary N) is 3. The van der Waals surface area contributed by atoms with Crippen molar-refractivity contribution in [1.82, 2.24) is 15.5 Å². The fourth-order valence-corrected chi connectivity index (χ4v) is 3.79. The van der Waals surface area contributed by atoms with Crippen LogP contribution in [-0.2, 0) is 40.1 Å². The number of imide groups is 1. The van der Waals surface area contributed by atoms with Gasteiger partial charge in [0.05, 0.1) is 5.92 Å². The van der Waals surface area contributed by atoms with Crippen LogP contribution in [0.3, 0.4) is 0 Å². The SMILES string of the molecule is CC.CC(C)C(=O)OCc1ccc(NC(=O)[C@H](C)NC(=O)C(NC(=O)CCCCCN2C(=O)C=CC2=O)C(C)C)cc1. The molecule has 0 spiro atoms. The molecule has 0 fully saturated rings. The van der Waals surface area contributed by atoms with Crippen LogP contribution in [0.4, 0.5) is 5.69 Å². The minimum atomic E-state index is -0.858. The molecule has 1 aliphatic heterocycles. The highest BCUT2D eigenvalue weighted by molar-refractivity contribution is 6.12. The van der Waals surface area contributed by atoms with E-state index in [0.717, 1.165) is 5.56 Å². The number of ether oxygens (including phenoxy) is 1. The maximum atomic E-state index is 12.9. The van der Waals surface area contributed by atoms with Crippen LogP contribution < -0.4 is 16.0 Å². The molecular weight excluding hydrogens is 540 g/mol. The molecule has 1 unspecified atom stereocenters. The van der Waals surface area contributed by atoms with Crippen LogP contribution >= 0.6 is 0 Å². The third-order valence-corrected chi connectivity index (χ3v) is 6.28. The van der Waals surface area contributed by atoms with Gasteiger partial charge in [-0.2, -0.15) is 0 Å². The average Bonchev–Trinajstić information content (AvgIpc) is 3.28. The number of hydrogen-bond donors (Lipinski definition) is 3. The van der Waals surface area contributed by atoms with Crippen LogP contribution in [-0.4, -0.2) is 59.0 Å². The highest BCUT2D eigenvalue weighted by Crippen LogP contribution is 2.13. The molecule has 0 aliphatic carbocycles. The van der Waals surface area contributed by atoms with Crippen molar-refractivity contribution in [3.05, 3.63) is 42.0 Å². The molecule has 0 saturated carbocycles. The van der Waals surface area contributed by atoms with Gasteiger partial charge in [0.1, 0.15) is 18.7 Å². The number of hydrogen-bond acceptors (Lipinski definition) is 7. The van der Waals surface area contributed by atoms with Crippen molar-refractivity contribution >= 4 is 41.2 Å².